The third kappa shape index (κ3) is 1.61. The molecule has 0 aliphatic heterocycles. The second-order valence-corrected chi connectivity index (χ2v) is 4.37. The highest BCUT2D eigenvalue weighted by Crippen LogP contribution is 2.34. The Hall–Kier alpha value is -1.06. The molecule has 0 unspecified atom stereocenters. The molecule has 0 radical (unpaired) electrons. The first kappa shape index (κ1) is 9.49. The lowest BCUT2D eigenvalue weighted by atomic mass is 10.1. The molecule has 0 bridgehead atoms. The van der Waals surface area contributed by atoms with Crippen LogP contribution < -0.4 is 5.73 Å². The van der Waals surface area contributed by atoms with Crippen LogP contribution in [0.1, 0.15) is 0 Å². The Labute approximate surface area is 89.9 Å². The van der Waals surface area contributed by atoms with Crippen molar-refractivity contribution in [2.45, 2.75) is 0 Å². The van der Waals surface area contributed by atoms with Crippen molar-refractivity contribution in [3.05, 3.63) is 39.8 Å². The predicted octanol–water partition coefficient (Wildman–Crippen LogP) is 3.79. The summed E-state index contributed by atoms with van der Waals surface area (Å²) in [6, 6.07) is 6.38. The molecule has 0 spiro atoms. The average Bonchev–Trinajstić information content (AvgIpc) is 2.52. The van der Waals surface area contributed by atoms with E-state index in [1.807, 2.05) is 5.38 Å². The van der Waals surface area contributed by atoms with Crippen LogP contribution >= 0.6 is 22.9 Å². The molecule has 0 aliphatic rings. The van der Waals surface area contributed by atoms with Crippen LogP contribution in [-0.2, 0) is 0 Å². The number of rotatable bonds is 1. The van der Waals surface area contributed by atoms with Gasteiger partial charge in [-0.05, 0) is 29.6 Å². The number of nitrogens with two attached hydrogens (primary N) is 1. The molecule has 1 aromatic carbocycles. The SMILES string of the molecule is Nc1ccc(-c2ccsc2Cl)c(F)c1. The zero-order valence-electron chi connectivity index (χ0n) is 7.13. The molecule has 0 saturated heterocycles. The normalized spacial score (nSPS) is 10.4. The van der Waals surface area contributed by atoms with Gasteiger partial charge in [0.1, 0.15) is 10.2 Å². The lowest BCUT2D eigenvalue weighted by Crippen LogP contribution is -1.88. The first-order chi connectivity index (χ1) is 6.68. The number of nitrogen functional groups attached to an aromatic ring is 1. The minimum Gasteiger partial charge on any atom is -0.399 e. The first-order valence-corrected chi connectivity index (χ1v) is 5.22. The lowest BCUT2D eigenvalue weighted by Gasteiger charge is -2.02. The van der Waals surface area contributed by atoms with Gasteiger partial charge in [0.2, 0.25) is 0 Å². The predicted molar refractivity (Wildman–Crippen MR) is 59.1 cm³/mol. The Kier molecular flexibility index (Phi) is 2.44. The van der Waals surface area contributed by atoms with E-state index < -0.39 is 0 Å². The number of benzene rings is 1. The largest absolute Gasteiger partial charge is 0.399 e. The molecule has 1 heterocycles. The second kappa shape index (κ2) is 3.59. The van der Waals surface area contributed by atoms with Gasteiger partial charge in [0.25, 0.3) is 0 Å². The summed E-state index contributed by atoms with van der Waals surface area (Å²) in [6.45, 7) is 0. The summed E-state index contributed by atoms with van der Waals surface area (Å²) in [5.74, 6) is -0.342. The summed E-state index contributed by atoms with van der Waals surface area (Å²) < 4.78 is 14.1. The fourth-order valence-electron chi connectivity index (χ4n) is 1.24. The average molecular weight is 228 g/mol. The summed E-state index contributed by atoms with van der Waals surface area (Å²) in [6.07, 6.45) is 0. The lowest BCUT2D eigenvalue weighted by molar-refractivity contribution is 0.632. The standard InChI is InChI=1S/C10H7ClFNS/c11-10-8(3-4-14-10)7-2-1-6(13)5-9(7)12/h1-5H,13H2. The maximum absolute atomic E-state index is 13.5. The van der Waals surface area contributed by atoms with Gasteiger partial charge in [-0.25, -0.2) is 4.39 Å². The quantitative estimate of drug-likeness (QED) is 0.737. The Morgan fingerprint density at radius 1 is 1.21 bits per heavy atom. The minimum atomic E-state index is -0.342. The zero-order valence-corrected chi connectivity index (χ0v) is 8.70. The minimum absolute atomic E-state index is 0.342. The third-order valence-corrected chi connectivity index (χ3v) is 3.07. The van der Waals surface area contributed by atoms with Gasteiger partial charge in [-0.2, -0.15) is 0 Å². The van der Waals surface area contributed by atoms with Crippen molar-refractivity contribution in [3.8, 4) is 11.1 Å². The summed E-state index contributed by atoms with van der Waals surface area (Å²) in [7, 11) is 0. The summed E-state index contributed by atoms with van der Waals surface area (Å²) in [5, 5.41) is 1.83. The van der Waals surface area contributed by atoms with Gasteiger partial charge >= 0.3 is 0 Å². The molecule has 0 fully saturated rings. The zero-order chi connectivity index (χ0) is 10.1. The van der Waals surface area contributed by atoms with E-state index in [-0.39, 0.29) is 5.82 Å². The van der Waals surface area contributed by atoms with Gasteiger partial charge < -0.3 is 5.73 Å². The molecule has 0 atom stereocenters. The summed E-state index contributed by atoms with van der Waals surface area (Å²) in [5.41, 5.74) is 7.07. The molecular weight excluding hydrogens is 221 g/mol. The van der Waals surface area contributed by atoms with Crippen LogP contribution in [0.4, 0.5) is 10.1 Å². The highest BCUT2D eigenvalue weighted by molar-refractivity contribution is 7.15. The molecule has 2 rings (SSSR count). The third-order valence-electron chi connectivity index (χ3n) is 1.90. The smallest absolute Gasteiger partial charge is 0.133 e. The van der Waals surface area contributed by atoms with Crippen molar-refractivity contribution >= 4 is 28.6 Å². The van der Waals surface area contributed by atoms with Crippen molar-refractivity contribution in [2.24, 2.45) is 0 Å². The topological polar surface area (TPSA) is 26.0 Å². The number of thiophene rings is 1. The maximum atomic E-state index is 13.5. The number of halogens is 2. The fourth-order valence-corrected chi connectivity index (χ4v) is 2.18. The molecule has 4 heteroatoms. The monoisotopic (exact) mass is 227 g/mol. The van der Waals surface area contributed by atoms with E-state index in [2.05, 4.69) is 0 Å². The first-order valence-electron chi connectivity index (χ1n) is 3.97. The van der Waals surface area contributed by atoms with Crippen LogP contribution in [0.2, 0.25) is 4.34 Å². The number of hydrogen-bond acceptors (Lipinski definition) is 2. The van der Waals surface area contributed by atoms with Gasteiger partial charge in [0, 0.05) is 16.8 Å². The molecule has 14 heavy (non-hydrogen) atoms. The van der Waals surface area contributed by atoms with E-state index in [1.165, 1.54) is 17.4 Å². The highest BCUT2D eigenvalue weighted by Gasteiger charge is 2.09. The molecule has 2 aromatic rings. The van der Waals surface area contributed by atoms with Gasteiger partial charge in [-0.15, -0.1) is 11.3 Å². The number of hydrogen-bond donors (Lipinski definition) is 1. The van der Waals surface area contributed by atoms with Crippen LogP contribution in [0.5, 0.6) is 0 Å². The Balaban J connectivity index is 2.58. The Bertz CT molecular complexity index is 467. The van der Waals surface area contributed by atoms with E-state index in [4.69, 9.17) is 17.3 Å². The van der Waals surface area contributed by atoms with E-state index >= 15 is 0 Å². The highest BCUT2D eigenvalue weighted by atomic mass is 35.5. The van der Waals surface area contributed by atoms with E-state index in [0.29, 0.717) is 21.2 Å². The summed E-state index contributed by atoms with van der Waals surface area (Å²) >= 11 is 7.29. The van der Waals surface area contributed by atoms with Gasteiger partial charge in [0.05, 0.1) is 0 Å². The van der Waals surface area contributed by atoms with Crippen LogP contribution in [0.25, 0.3) is 11.1 Å². The van der Waals surface area contributed by atoms with Gasteiger partial charge in [0.15, 0.2) is 0 Å². The molecule has 0 amide bonds. The molecule has 0 aliphatic carbocycles. The molecule has 72 valence electrons. The van der Waals surface area contributed by atoms with Crippen LogP contribution in [0.15, 0.2) is 29.6 Å². The van der Waals surface area contributed by atoms with Crippen molar-refractivity contribution < 1.29 is 4.39 Å². The molecule has 0 saturated carbocycles. The van der Waals surface area contributed by atoms with E-state index in [0.717, 1.165) is 0 Å². The Morgan fingerprint density at radius 2 is 2.00 bits per heavy atom. The Morgan fingerprint density at radius 3 is 2.57 bits per heavy atom. The summed E-state index contributed by atoms with van der Waals surface area (Å²) in [4.78, 5) is 0. The maximum Gasteiger partial charge on any atom is 0.133 e. The van der Waals surface area contributed by atoms with Crippen LogP contribution in [-0.4, -0.2) is 0 Å². The fraction of sp³-hybridized carbons (Fsp3) is 0. The van der Waals surface area contributed by atoms with Crippen molar-refractivity contribution in [2.75, 3.05) is 5.73 Å². The van der Waals surface area contributed by atoms with Gasteiger partial charge in [-0.3, -0.25) is 0 Å². The molecule has 2 N–H and O–H groups in total. The van der Waals surface area contributed by atoms with Crippen molar-refractivity contribution in [1.29, 1.82) is 0 Å². The van der Waals surface area contributed by atoms with Crippen molar-refractivity contribution in [3.63, 3.8) is 0 Å². The number of anilines is 1. The molecule has 1 aromatic heterocycles. The van der Waals surface area contributed by atoms with Crippen molar-refractivity contribution in [1.82, 2.24) is 0 Å². The molecule has 1 nitrogen and oxygen atoms in total. The van der Waals surface area contributed by atoms with Crippen LogP contribution in [0.3, 0.4) is 0 Å². The molecular formula is C10H7ClFNS. The van der Waals surface area contributed by atoms with E-state index in [9.17, 15) is 4.39 Å². The second-order valence-electron chi connectivity index (χ2n) is 2.85. The van der Waals surface area contributed by atoms with Crippen LogP contribution in [0, 0.1) is 5.82 Å². The van der Waals surface area contributed by atoms with Gasteiger partial charge in [-0.1, -0.05) is 11.6 Å². The van der Waals surface area contributed by atoms with E-state index in [1.54, 1.807) is 18.2 Å².